The second kappa shape index (κ2) is 9.49. The smallest absolute Gasteiger partial charge is 0.272 e. The van der Waals surface area contributed by atoms with E-state index in [2.05, 4.69) is 5.32 Å². The van der Waals surface area contributed by atoms with E-state index in [1.807, 2.05) is 6.92 Å². The van der Waals surface area contributed by atoms with Crippen molar-refractivity contribution in [2.45, 2.75) is 32.7 Å². The standard InChI is InChI=1S/C17H24N4O4.ClH/c1-11(9-18)10-19-16(22)15-4-3-7-20(15)17(23)13-5-6-14(21(24)25)12(2)8-13;/h5-6,8,11,15H,3-4,7,9-10,18H2,1-2H3,(H,19,22);1H. The Morgan fingerprint density at radius 3 is 2.73 bits per heavy atom. The number of carbonyl (C=O) groups excluding carboxylic acids is 2. The van der Waals surface area contributed by atoms with E-state index in [-0.39, 0.29) is 35.8 Å². The van der Waals surface area contributed by atoms with Gasteiger partial charge in [0.2, 0.25) is 5.91 Å². The van der Waals surface area contributed by atoms with Crippen molar-refractivity contribution in [3.8, 4) is 0 Å². The topological polar surface area (TPSA) is 119 Å². The molecule has 0 radical (unpaired) electrons. The van der Waals surface area contributed by atoms with Crippen LogP contribution in [0.4, 0.5) is 5.69 Å². The molecule has 144 valence electrons. The van der Waals surface area contributed by atoms with E-state index >= 15 is 0 Å². The Morgan fingerprint density at radius 1 is 1.46 bits per heavy atom. The number of amides is 2. The molecule has 26 heavy (non-hydrogen) atoms. The summed E-state index contributed by atoms with van der Waals surface area (Å²) in [7, 11) is 0. The largest absolute Gasteiger partial charge is 0.354 e. The molecule has 2 atom stereocenters. The van der Waals surface area contributed by atoms with Gasteiger partial charge in [0, 0.05) is 30.3 Å². The van der Waals surface area contributed by atoms with Crippen LogP contribution in [0.1, 0.15) is 35.7 Å². The fourth-order valence-corrected chi connectivity index (χ4v) is 2.92. The van der Waals surface area contributed by atoms with Gasteiger partial charge < -0.3 is 16.0 Å². The first-order valence-corrected chi connectivity index (χ1v) is 8.39. The van der Waals surface area contributed by atoms with E-state index in [0.717, 1.165) is 6.42 Å². The van der Waals surface area contributed by atoms with Crippen molar-refractivity contribution in [3.63, 3.8) is 0 Å². The number of likely N-dealkylation sites (tertiary alicyclic amines) is 1. The quantitative estimate of drug-likeness (QED) is 0.570. The monoisotopic (exact) mass is 384 g/mol. The summed E-state index contributed by atoms with van der Waals surface area (Å²) in [5.41, 5.74) is 6.31. The first kappa shape index (κ1) is 21.9. The first-order chi connectivity index (χ1) is 11.8. The summed E-state index contributed by atoms with van der Waals surface area (Å²) < 4.78 is 0. The zero-order valence-corrected chi connectivity index (χ0v) is 15.8. The maximum Gasteiger partial charge on any atom is 0.272 e. The molecule has 9 heteroatoms. The molecule has 1 heterocycles. The second-order valence-corrected chi connectivity index (χ2v) is 6.50. The van der Waals surface area contributed by atoms with Crippen molar-refractivity contribution < 1.29 is 14.5 Å². The highest BCUT2D eigenvalue weighted by Gasteiger charge is 2.34. The lowest BCUT2D eigenvalue weighted by Gasteiger charge is -2.24. The number of nitrogens with one attached hydrogen (secondary N) is 1. The molecule has 3 N–H and O–H groups in total. The normalized spacial score (nSPS) is 17.3. The highest BCUT2D eigenvalue weighted by molar-refractivity contribution is 5.98. The van der Waals surface area contributed by atoms with Crippen molar-refractivity contribution in [1.82, 2.24) is 10.2 Å². The maximum absolute atomic E-state index is 12.7. The van der Waals surface area contributed by atoms with Crippen molar-refractivity contribution in [3.05, 3.63) is 39.4 Å². The van der Waals surface area contributed by atoms with Crippen molar-refractivity contribution >= 4 is 29.9 Å². The zero-order valence-electron chi connectivity index (χ0n) is 14.9. The number of nitro groups is 1. The Labute approximate surface area is 158 Å². The van der Waals surface area contributed by atoms with E-state index in [4.69, 9.17) is 5.73 Å². The maximum atomic E-state index is 12.7. The zero-order chi connectivity index (χ0) is 18.6. The Hall–Kier alpha value is -2.19. The van der Waals surface area contributed by atoms with Gasteiger partial charge in [-0.15, -0.1) is 12.4 Å². The highest BCUT2D eigenvalue weighted by Crippen LogP contribution is 2.24. The van der Waals surface area contributed by atoms with Gasteiger partial charge in [0.1, 0.15) is 6.04 Å². The lowest BCUT2D eigenvalue weighted by Crippen LogP contribution is -2.47. The van der Waals surface area contributed by atoms with Crippen LogP contribution in [0.5, 0.6) is 0 Å². The van der Waals surface area contributed by atoms with Crippen LogP contribution in [-0.4, -0.2) is 47.3 Å². The number of nitro benzene ring substituents is 1. The van der Waals surface area contributed by atoms with Crippen molar-refractivity contribution in [1.29, 1.82) is 0 Å². The number of hydrogen-bond acceptors (Lipinski definition) is 5. The number of hydrogen-bond donors (Lipinski definition) is 2. The van der Waals surface area contributed by atoms with Crippen molar-refractivity contribution in [2.75, 3.05) is 19.6 Å². The van der Waals surface area contributed by atoms with E-state index in [9.17, 15) is 19.7 Å². The first-order valence-electron chi connectivity index (χ1n) is 8.39. The molecule has 2 amide bonds. The third-order valence-electron chi connectivity index (χ3n) is 4.48. The van der Waals surface area contributed by atoms with Gasteiger partial charge in [-0.1, -0.05) is 6.92 Å². The number of carbonyl (C=O) groups is 2. The molecule has 1 aliphatic heterocycles. The predicted octanol–water partition coefficient (Wildman–Crippen LogP) is 1.64. The van der Waals surface area contributed by atoms with Gasteiger partial charge in [0.25, 0.3) is 11.6 Å². The van der Waals surface area contributed by atoms with E-state index in [1.165, 1.54) is 18.2 Å². The number of halogens is 1. The summed E-state index contributed by atoms with van der Waals surface area (Å²) in [6.07, 6.45) is 1.36. The molecule has 8 nitrogen and oxygen atoms in total. The van der Waals surface area contributed by atoms with Crippen LogP contribution in [0.25, 0.3) is 0 Å². The summed E-state index contributed by atoms with van der Waals surface area (Å²) >= 11 is 0. The number of benzene rings is 1. The van der Waals surface area contributed by atoms with Gasteiger partial charge >= 0.3 is 0 Å². The summed E-state index contributed by atoms with van der Waals surface area (Å²) in [5, 5.41) is 13.7. The van der Waals surface area contributed by atoms with Gasteiger partial charge in [-0.2, -0.15) is 0 Å². The van der Waals surface area contributed by atoms with Crippen LogP contribution in [0.3, 0.4) is 0 Å². The number of nitrogens with zero attached hydrogens (tertiary/aromatic N) is 2. The van der Waals surface area contributed by atoms with Crippen LogP contribution in [0, 0.1) is 23.0 Å². The highest BCUT2D eigenvalue weighted by atomic mass is 35.5. The Kier molecular flexibility index (Phi) is 7.98. The van der Waals surface area contributed by atoms with Gasteiger partial charge in [0.15, 0.2) is 0 Å². The minimum atomic E-state index is -0.507. The Morgan fingerprint density at radius 2 is 2.15 bits per heavy atom. The predicted molar refractivity (Wildman–Crippen MR) is 100 cm³/mol. The summed E-state index contributed by atoms with van der Waals surface area (Å²) in [5.74, 6) is -0.279. The number of aryl methyl sites for hydroxylation is 1. The van der Waals surface area contributed by atoms with Crippen molar-refractivity contribution in [2.24, 2.45) is 11.7 Å². The molecule has 2 unspecified atom stereocenters. The van der Waals surface area contributed by atoms with Gasteiger partial charge in [0.05, 0.1) is 4.92 Å². The average Bonchev–Trinajstić information content (AvgIpc) is 3.07. The third kappa shape index (κ3) is 4.92. The minimum absolute atomic E-state index is 0. The summed E-state index contributed by atoms with van der Waals surface area (Å²) in [4.78, 5) is 37.1. The molecule has 1 saturated heterocycles. The lowest BCUT2D eigenvalue weighted by molar-refractivity contribution is -0.385. The summed E-state index contributed by atoms with van der Waals surface area (Å²) in [6.45, 7) is 4.99. The van der Waals surface area contributed by atoms with Crippen LogP contribution >= 0.6 is 12.4 Å². The molecule has 0 bridgehead atoms. The van der Waals surface area contributed by atoms with E-state index < -0.39 is 11.0 Å². The molecule has 0 spiro atoms. The van der Waals surface area contributed by atoms with Gasteiger partial charge in [-0.3, -0.25) is 19.7 Å². The molecule has 1 aromatic rings. The SMILES string of the molecule is Cc1cc(C(=O)N2CCCC2C(=O)NCC(C)CN)ccc1[N+](=O)[O-].Cl. The molecule has 1 aliphatic rings. The molecule has 0 saturated carbocycles. The molecule has 1 fully saturated rings. The molecular formula is C17H25ClN4O4. The van der Waals surface area contributed by atoms with Crippen LogP contribution in [0.15, 0.2) is 18.2 Å². The number of rotatable bonds is 6. The van der Waals surface area contributed by atoms with Crippen LogP contribution < -0.4 is 11.1 Å². The average molecular weight is 385 g/mol. The molecular weight excluding hydrogens is 360 g/mol. The van der Waals surface area contributed by atoms with E-state index in [1.54, 1.807) is 11.8 Å². The fraction of sp³-hybridized carbons (Fsp3) is 0.529. The molecule has 2 rings (SSSR count). The minimum Gasteiger partial charge on any atom is -0.354 e. The van der Waals surface area contributed by atoms with Gasteiger partial charge in [-0.05, 0) is 44.4 Å². The molecule has 0 aromatic heterocycles. The fourth-order valence-electron chi connectivity index (χ4n) is 2.92. The Balaban J connectivity index is 0.00000338. The lowest BCUT2D eigenvalue weighted by atomic mass is 10.1. The third-order valence-corrected chi connectivity index (χ3v) is 4.48. The molecule has 0 aliphatic carbocycles. The van der Waals surface area contributed by atoms with Crippen LogP contribution in [-0.2, 0) is 4.79 Å². The second-order valence-electron chi connectivity index (χ2n) is 6.50. The summed E-state index contributed by atoms with van der Waals surface area (Å²) in [6, 6.07) is 3.77. The Bertz CT molecular complexity index is 683. The number of nitrogens with two attached hydrogens (primary N) is 1. The van der Waals surface area contributed by atoms with Crippen LogP contribution in [0.2, 0.25) is 0 Å². The van der Waals surface area contributed by atoms with Gasteiger partial charge in [-0.25, -0.2) is 0 Å². The van der Waals surface area contributed by atoms with E-state index in [0.29, 0.717) is 37.2 Å². The molecule has 1 aromatic carbocycles.